The minimum atomic E-state index is -2.94. The van der Waals surface area contributed by atoms with Crippen molar-refractivity contribution in [2.45, 2.75) is 75.5 Å². The average molecular weight is 612 g/mol. The molecule has 0 bridgehead atoms. The molecule has 224 valence electrons. The number of fused-ring (bicyclic) bond motifs is 2. The third kappa shape index (κ3) is 4.68. The Hall–Kier alpha value is -2.76. The molecule has 0 saturated carbocycles. The first kappa shape index (κ1) is 29.3. The second-order valence-corrected chi connectivity index (χ2v) is 17.1. The van der Waals surface area contributed by atoms with Crippen molar-refractivity contribution in [3.05, 3.63) is 58.6 Å². The van der Waals surface area contributed by atoms with E-state index in [0.29, 0.717) is 42.3 Å². The van der Waals surface area contributed by atoms with E-state index in [1.165, 1.54) is 0 Å². The third-order valence-corrected chi connectivity index (χ3v) is 12.4. The number of amides is 3. The van der Waals surface area contributed by atoms with E-state index in [2.05, 4.69) is 0 Å². The van der Waals surface area contributed by atoms with Gasteiger partial charge in [0.1, 0.15) is 0 Å². The molecule has 2 aromatic rings. The van der Waals surface area contributed by atoms with Crippen LogP contribution in [0.3, 0.4) is 0 Å². The molecule has 1 spiro atoms. The van der Waals surface area contributed by atoms with Crippen LogP contribution in [-0.2, 0) is 31.3 Å². The molecule has 0 aromatic heterocycles. The van der Waals surface area contributed by atoms with Crippen LogP contribution in [0, 0.1) is 5.92 Å². The Morgan fingerprint density at radius 2 is 1.88 bits per heavy atom. The fourth-order valence-corrected chi connectivity index (χ4v) is 10.3. The summed E-state index contributed by atoms with van der Waals surface area (Å²) in [5, 5.41) is 10.3. The van der Waals surface area contributed by atoms with E-state index in [-0.39, 0.29) is 42.3 Å². The summed E-state index contributed by atoms with van der Waals surface area (Å²) in [5.74, 6) is -0.670. The van der Waals surface area contributed by atoms with Crippen LogP contribution in [0.25, 0.3) is 0 Å². The molecule has 9 nitrogen and oxygen atoms in total. The second kappa shape index (κ2) is 10.7. The van der Waals surface area contributed by atoms with Gasteiger partial charge in [-0.2, -0.15) is 0 Å². The summed E-state index contributed by atoms with van der Waals surface area (Å²) in [7, 11) is -2.94. The predicted octanol–water partition coefficient (Wildman–Crippen LogP) is 3.79. The molecule has 6 rings (SSSR count). The topological polar surface area (TPSA) is 111 Å². The molecule has 4 aliphatic heterocycles. The number of aliphatic hydroxyl groups is 1. The van der Waals surface area contributed by atoms with Gasteiger partial charge in [-0.25, -0.2) is 0 Å². The number of β-lactam (4-membered cyclic amide) rings is 1. The van der Waals surface area contributed by atoms with Gasteiger partial charge in [0.25, 0.3) is 5.91 Å². The molecule has 0 radical (unpaired) electrons. The van der Waals surface area contributed by atoms with Crippen molar-refractivity contribution in [2.24, 2.45) is 5.92 Å². The number of halogens is 1. The van der Waals surface area contributed by atoms with Gasteiger partial charge in [-0.3, -0.25) is 14.4 Å². The summed E-state index contributed by atoms with van der Waals surface area (Å²) in [4.78, 5) is 56.6. The molecular formula is C31H38ClN3O6Si. The fourth-order valence-electron chi connectivity index (χ4n) is 7.60. The summed E-state index contributed by atoms with van der Waals surface area (Å²) >= 11 is 6.49. The Bertz CT molecular complexity index is 1410. The molecule has 0 unspecified atom stereocenters. The van der Waals surface area contributed by atoms with E-state index in [9.17, 15) is 24.3 Å². The molecule has 4 heterocycles. The van der Waals surface area contributed by atoms with Crippen molar-refractivity contribution < 1.29 is 29.0 Å². The van der Waals surface area contributed by atoms with Crippen molar-refractivity contribution in [1.29, 1.82) is 0 Å². The monoisotopic (exact) mass is 611 g/mol. The molecule has 5 atom stereocenters. The van der Waals surface area contributed by atoms with E-state index < -0.39 is 25.9 Å². The molecule has 3 amide bonds. The molecule has 0 aliphatic carbocycles. The Morgan fingerprint density at radius 1 is 1.14 bits per heavy atom. The van der Waals surface area contributed by atoms with Crippen LogP contribution in [0.2, 0.25) is 23.7 Å². The number of likely N-dealkylation sites (tertiary alicyclic amines) is 1. The quantitative estimate of drug-likeness (QED) is 0.364. The van der Waals surface area contributed by atoms with Crippen LogP contribution in [0.15, 0.2) is 42.5 Å². The Balaban J connectivity index is 1.33. The van der Waals surface area contributed by atoms with Gasteiger partial charge in [0.05, 0.1) is 37.4 Å². The normalized spacial score (nSPS) is 29.0. The van der Waals surface area contributed by atoms with Gasteiger partial charge < -0.3 is 29.3 Å². The third-order valence-electron chi connectivity index (χ3n) is 9.67. The lowest BCUT2D eigenvalue weighted by molar-refractivity contribution is -0.150. The lowest BCUT2D eigenvalue weighted by Crippen LogP contribution is -2.46. The molecule has 3 saturated heterocycles. The highest BCUT2D eigenvalue weighted by Crippen LogP contribution is 2.60. The molecule has 2 N–H and O–H groups in total. The van der Waals surface area contributed by atoms with E-state index in [4.69, 9.17) is 16.3 Å². The molecule has 42 heavy (non-hydrogen) atoms. The van der Waals surface area contributed by atoms with E-state index in [1.54, 1.807) is 26.8 Å². The highest BCUT2D eigenvalue weighted by molar-refractivity contribution is 6.71. The number of ether oxygens (including phenoxy) is 1. The SMILES string of the molecule is C[C@H]1[C@H]([Si](C)(C)O)[C@@H](CC(=O)N2CCC[C@H]2CO)O[C@]12C(=O)N(Cc1ccc(N3CCC3=O)cc1)c1ccc(Cl)cc12. The van der Waals surface area contributed by atoms with Crippen molar-refractivity contribution in [3.8, 4) is 0 Å². The fraction of sp³-hybridized carbons (Fsp3) is 0.516. The number of hydrogen-bond donors (Lipinski definition) is 2. The zero-order valence-electron chi connectivity index (χ0n) is 24.3. The molecule has 3 fully saturated rings. The highest BCUT2D eigenvalue weighted by atomic mass is 35.5. The van der Waals surface area contributed by atoms with Gasteiger partial charge in [-0.1, -0.05) is 30.7 Å². The zero-order valence-corrected chi connectivity index (χ0v) is 26.0. The van der Waals surface area contributed by atoms with E-state index in [1.807, 2.05) is 50.3 Å². The number of aliphatic hydroxyl groups excluding tert-OH is 1. The molecule has 4 aliphatic rings. The number of hydrogen-bond acceptors (Lipinski definition) is 6. The smallest absolute Gasteiger partial charge is 0.264 e. The number of anilines is 2. The van der Waals surface area contributed by atoms with E-state index >= 15 is 0 Å². The van der Waals surface area contributed by atoms with Crippen LogP contribution in [0.1, 0.15) is 43.7 Å². The predicted molar refractivity (Wildman–Crippen MR) is 162 cm³/mol. The number of rotatable bonds is 7. The molecule has 2 aromatic carbocycles. The van der Waals surface area contributed by atoms with Gasteiger partial charge in [-0.15, -0.1) is 0 Å². The van der Waals surface area contributed by atoms with Crippen molar-refractivity contribution in [1.82, 2.24) is 4.90 Å². The lowest BCUT2D eigenvalue weighted by Gasteiger charge is -2.33. The van der Waals surface area contributed by atoms with Gasteiger partial charge in [0, 0.05) is 47.2 Å². The maximum Gasteiger partial charge on any atom is 0.264 e. The first-order chi connectivity index (χ1) is 20.0. The zero-order chi connectivity index (χ0) is 30.0. The first-order valence-electron chi connectivity index (χ1n) is 14.8. The van der Waals surface area contributed by atoms with Crippen LogP contribution < -0.4 is 9.80 Å². The van der Waals surface area contributed by atoms with E-state index in [0.717, 1.165) is 24.1 Å². The number of carbonyl (C=O) groups excluding carboxylic acids is 3. The summed E-state index contributed by atoms with van der Waals surface area (Å²) in [6.07, 6.45) is 1.52. The van der Waals surface area contributed by atoms with Crippen molar-refractivity contribution >= 4 is 49.0 Å². The minimum Gasteiger partial charge on any atom is -0.432 e. The molecule has 11 heteroatoms. The summed E-state index contributed by atoms with van der Waals surface area (Å²) < 4.78 is 6.78. The van der Waals surface area contributed by atoms with Crippen LogP contribution in [0.4, 0.5) is 11.4 Å². The summed E-state index contributed by atoms with van der Waals surface area (Å²) in [6, 6.07) is 12.8. The molecular weight excluding hydrogens is 574 g/mol. The Labute approximate surface area is 252 Å². The maximum absolute atomic E-state index is 14.6. The summed E-state index contributed by atoms with van der Waals surface area (Å²) in [6.45, 7) is 7.11. The van der Waals surface area contributed by atoms with Crippen LogP contribution >= 0.6 is 11.6 Å². The second-order valence-electron chi connectivity index (χ2n) is 12.6. The highest BCUT2D eigenvalue weighted by Gasteiger charge is 2.66. The van der Waals surface area contributed by atoms with Gasteiger partial charge in [0.2, 0.25) is 11.8 Å². The number of carbonyl (C=O) groups is 3. The first-order valence-corrected chi connectivity index (χ1v) is 18.2. The Morgan fingerprint density at radius 3 is 2.50 bits per heavy atom. The number of benzene rings is 2. The van der Waals surface area contributed by atoms with Crippen molar-refractivity contribution in [2.75, 3.05) is 29.5 Å². The average Bonchev–Trinajstić information content (AvgIpc) is 3.59. The Kier molecular flexibility index (Phi) is 7.50. The van der Waals surface area contributed by atoms with Crippen LogP contribution in [-0.4, -0.2) is 72.7 Å². The van der Waals surface area contributed by atoms with Gasteiger partial charge >= 0.3 is 0 Å². The maximum atomic E-state index is 14.6. The minimum absolute atomic E-state index is 0.0319. The largest absolute Gasteiger partial charge is 0.432 e. The lowest BCUT2D eigenvalue weighted by atomic mass is 9.82. The van der Waals surface area contributed by atoms with Crippen LogP contribution in [0.5, 0.6) is 0 Å². The van der Waals surface area contributed by atoms with Crippen molar-refractivity contribution in [3.63, 3.8) is 0 Å². The number of nitrogens with zero attached hydrogens (tertiary/aromatic N) is 3. The summed E-state index contributed by atoms with van der Waals surface area (Å²) in [5.41, 5.74) is 1.30. The van der Waals surface area contributed by atoms with Gasteiger partial charge in [-0.05, 0) is 61.8 Å². The standard InChI is InChI=1S/C31H38ClN3O6Si/c1-19-29(42(2,3)40)26(16-28(38)33-13-4-5-23(33)18-36)41-31(19)24-15-21(32)8-11-25(24)35(30(31)39)17-20-6-9-22(10-7-20)34-14-12-27(34)37/h6-11,15,19,23,26,29,36,40H,4-5,12-14,16-18H2,1-3H3/t19-,23-,26+,29-,31+/m0/s1. The van der Waals surface area contributed by atoms with Gasteiger partial charge in [0.15, 0.2) is 13.9 Å².